The van der Waals surface area contributed by atoms with E-state index in [0.29, 0.717) is 45.6 Å². The van der Waals surface area contributed by atoms with Crippen molar-refractivity contribution in [2.24, 2.45) is 5.92 Å². The highest BCUT2D eigenvalue weighted by Gasteiger charge is 2.31. The van der Waals surface area contributed by atoms with Crippen LogP contribution in [0.5, 0.6) is 0 Å². The molecule has 0 bridgehead atoms. The predicted octanol–water partition coefficient (Wildman–Crippen LogP) is 3.43. The van der Waals surface area contributed by atoms with Crippen LogP contribution in [0, 0.1) is 5.92 Å². The average molecular weight is 438 g/mol. The standard InChI is InChI=1S/C25H31N3O4/c1-2-32-25(31)28-16-12-20(13-17-28)26-23(29)19-10-14-27(15-11-19)24(30)22-9-5-7-18-6-3-4-8-21(18)22/h3-9,19-20H,2,10-17H2,1H3,(H,26,29). The molecule has 2 saturated heterocycles. The molecule has 2 aliphatic heterocycles. The molecule has 0 radical (unpaired) electrons. The van der Waals surface area contributed by atoms with Gasteiger partial charge in [-0.3, -0.25) is 9.59 Å². The zero-order chi connectivity index (χ0) is 22.5. The smallest absolute Gasteiger partial charge is 0.409 e. The number of carbonyl (C=O) groups excluding carboxylic acids is 3. The van der Waals surface area contributed by atoms with E-state index in [0.717, 1.165) is 29.2 Å². The van der Waals surface area contributed by atoms with Gasteiger partial charge in [0.2, 0.25) is 5.91 Å². The number of benzene rings is 2. The first kappa shape index (κ1) is 22.1. The molecule has 3 amide bonds. The Morgan fingerprint density at radius 1 is 0.906 bits per heavy atom. The summed E-state index contributed by atoms with van der Waals surface area (Å²) in [4.78, 5) is 41.3. The molecule has 0 atom stereocenters. The fourth-order valence-electron chi connectivity index (χ4n) is 4.67. The topological polar surface area (TPSA) is 79.0 Å². The summed E-state index contributed by atoms with van der Waals surface area (Å²) in [7, 11) is 0. The van der Waals surface area contributed by atoms with Crippen molar-refractivity contribution in [2.75, 3.05) is 32.8 Å². The minimum atomic E-state index is -0.277. The van der Waals surface area contributed by atoms with Crippen LogP contribution in [-0.4, -0.2) is 66.5 Å². The van der Waals surface area contributed by atoms with Crippen molar-refractivity contribution >= 4 is 28.7 Å². The predicted molar refractivity (Wildman–Crippen MR) is 122 cm³/mol. The maximum Gasteiger partial charge on any atom is 0.409 e. The minimum Gasteiger partial charge on any atom is -0.450 e. The van der Waals surface area contributed by atoms with E-state index in [4.69, 9.17) is 4.74 Å². The second kappa shape index (κ2) is 10.0. The maximum atomic E-state index is 13.1. The van der Waals surface area contributed by atoms with E-state index in [-0.39, 0.29) is 29.9 Å². The molecule has 1 N–H and O–H groups in total. The van der Waals surface area contributed by atoms with Crippen molar-refractivity contribution in [3.63, 3.8) is 0 Å². The molecule has 2 aliphatic rings. The van der Waals surface area contributed by atoms with E-state index in [1.807, 2.05) is 47.4 Å². The summed E-state index contributed by atoms with van der Waals surface area (Å²) in [6.07, 6.45) is 2.54. The first-order valence-corrected chi connectivity index (χ1v) is 11.6. The number of fused-ring (bicyclic) bond motifs is 1. The molecular formula is C25H31N3O4. The lowest BCUT2D eigenvalue weighted by molar-refractivity contribution is -0.127. The van der Waals surface area contributed by atoms with E-state index in [9.17, 15) is 14.4 Å². The monoisotopic (exact) mass is 437 g/mol. The summed E-state index contributed by atoms with van der Waals surface area (Å²) in [6, 6.07) is 13.8. The Balaban J connectivity index is 1.27. The van der Waals surface area contributed by atoms with Gasteiger partial charge >= 0.3 is 6.09 Å². The maximum absolute atomic E-state index is 13.1. The van der Waals surface area contributed by atoms with Crippen molar-refractivity contribution in [2.45, 2.75) is 38.6 Å². The Hall–Kier alpha value is -3.09. The normalized spacial score (nSPS) is 17.9. The summed E-state index contributed by atoms with van der Waals surface area (Å²) in [5, 5.41) is 5.18. The molecule has 170 valence electrons. The van der Waals surface area contributed by atoms with Crippen LogP contribution in [-0.2, 0) is 9.53 Å². The van der Waals surface area contributed by atoms with E-state index < -0.39 is 0 Å². The zero-order valence-electron chi connectivity index (χ0n) is 18.6. The van der Waals surface area contributed by atoms with Crippen molar-refractivity contribution < 1.29 is 19.1 Å². The minimum absolute atomic E-state index is 0.0343. The second-order valence-electron chi connectivity index (χ2n) is 8.56. The number of amides is 3. The highest BCUT2D eigenvalue weighted by atomic mass is 16.6. The lowest BCUT2D eigenvalue weighted by Gasteiger charge is -2.34. The van der Waals surface area contributed by atoms with Crippen LogP contribution >= 0.6 is 0 Å². The summed E-state index contributed by atoms with van der Waals surface area (Å²) in [5.41, 5.74) is 0.722. The lowest BCUT2D eigenvalue weighted by Crippen LogP contribution is -2.49. The van der Waals surface area contributed by atoms with Crippen molar-refractivity contribution in [3.05, 3.63) is 48.0 Å². The molecule has 0 spiro atoms. The van der Waals surface area contributed by atoms with Gasteiger partial charge in [0.15, 0.2) is 0 Å². The Morgan fingerprint density at radius 3 is 2.28 bits per heavy atom. The van der Waals surface area contributed by atoms with Crippen LogP contribution in [0.15, 0.2) is 42.5 Å². The number of carbonyl (C=O) groups is 3. The number of piperidine rings is 2. The van der Waals surface area contributed by atoms with E-state index in [1.54, 1.807) is 11.8 Å². The third-order valence-electron chi connectivity index (χ3n) is 6.54. The molecule has 32 heavy (non-hydrogen) atoms. The van der Waals surface area contributed by atoms with Gasteiger partial charge < -0.3 is 19.9 Å². The Bertz CT molecular complexity index is 971. The summed E-state index contributed by atoms with van der Waals surface area (Å²) in [6.45, 7) is 4.54. The van der Waals surface area contributed by atoms with Gasteiger partial charge in [-0.25, -0.2) is 4.79 Å². The quantitative estimate of drug-likeness (QED) is 0.795. The molecule has 0 unspecified atom stereocenters. The molecule has 7 heteroatoms. The lowest BCUT2D eigenvalue weighted by atomic mass is 9.94. The number of nitrogens with zero attached hydrogens (tertiary/aromatic N) is 2. The molecule has 4 rings (SSSR count). The first-order chi connectivity index (χ1) is 15.6. The fourth-order valence-corrected chi connectivity index (χ4v) is 4.67. The van der Waals surface area contributed by atoms with Crippen LogP contribution in [0.1, 0.15) is 43.0 Å². The number of rotatable bonds is 4. The van der Waals surface area contributed by atoms with Crippen molar-refractivity contribution in [1.29, 1.82) is 0 Å². The Labute approximate surface area is 188 Å². The summed E-state index contributed by atoms with van der Waals surface area (Å²) in [5.74, 6) is 0.0264. The van der Waals surface area contributed by atoms with Crippen LogP contribution in [0.3, 0.4) is 0 Å². The van der Waals surface area contributed by atoms with E-state index >= 15 is 0 Å². The third-order valence-corrected chi connectivity index (χ3v) is 6.54. The number of hydrogen-bond donors (Lipinski definition) is 1. The van der Waals surface area contributed by atoms with Gasteiger partial charge in [-0.2, -0.15) is 0 Å². The van der Waals surface area contributed by atoms with Gasteiger partial charge in [0.05, 0.1) is 6.61 Å². The molecule has 7 nitrogen and oxygen atoms in total. The zero-order valence-corrected chi connectivity index (χ0v) is 18.6. The molecule has 2 aromatic carbocycles. The molecular weight excluding hydrogens is 406 g/mol. The van der Waals surface area contributed by atoms with Gasteiger partial charge in [-0.1, -0.05) is 36.4 Å². The average Bonchev–Trinajstić information content (AvgIpc) is 2.84. The highest BCUT2D eigenvalue weighted by Crippen LogP contribution is 2.24. The van der Waals surface area contributed by atoms with Gasteiger partial charge in [0.25, 0.3) is 5.91 Å². The third kappa shape index (κ3) is 4.87. The van der Waals surface area contributed by atoms with E-state index in [1.165, 1.54) is 0 Å². The Kier molecular flexibility index (Phi) is 6.93. The van der Waals surface area contributed by atoms with Gasteiger partial charge in [-0.05, 0) is 49.4 Å². The van der Waals surface area contributed by atoms with Gasteiger partial charge in [0, 0.05) is 43.7 Å². The molecule has 2 aromatic rings. The molecule has 2 fully saturated rings. The van der Waals surface area contributed by atoms with Gasteiger partial charge in [-0.15, -0.1) is 0 Å². The number of nitrogens with one attached hydrogen (secondary N) is 1. The van der Waals surface area contributed by atoms with Crippen LogP contribution in [0.2, 0.25) is 0 Å². The fraction of sp³-hybridized carbons (Fsp3) is 0.480. The molecule has 0 saturated carbocycles. The first-order valence-electron chi connectivity index (χ1n) is 11.6. The Morgan fingerprint density at radius 2 is 1.56 bits per heavy atom. The van der Waals surface area contributed by atoms with Crippen LogP contribution in [0.25, 0.3) is 10.8 Å². The number of ether oxygens (including phenoxy) is 1. The highest BCUT2D eigenvalue weighted by molar-refractivity contribution is 6.07. The van der Waals surface area contributed by atoms with Crippen molar-refractivity contribution in [1.82, 2.24) is 15.1 Å². The SMILES string of the molecule is CCOC(=O)N1CCC(NC(=O)C2CCN(C(=O)c3cccc4ccccc34)CC2)CC1. The van der Waals surface area contributed by atoms with Gasteiger partial charge in [0.1, 0.15) is 0 Å². The van der Waals surface area contributed by atoms with Crippen molar-refractivity contribution in [3.8, 4) is 0 Å². The van der Waals surface area contributed by atoms with E-state index in [2.05, 4.69) is 5.32 Å². The largest absolute Gasteiger partial charge is 0.450 e. The number of hydrogen-bond acceptors (Lipinski definition) is 4. The molecule has 0 aliphatic carbocycles. The van der Waals surface area contributed by atoms with Crippen LogP contribution in [0.4, 0.5) is 4.79 Å². The van der Waals surface area contributed by atoms with Crippen LogP contribution < -0.4 is 5.32 Å². The molecule has 2 heterocycles. The summed E-state index contributed by atoms with van der Waals surface area (Å²) >= 11 is 0. The number of likely N-dealkylation sites (tertiary alicyclic amines) is 2. The summed E-state index contributed by atoms with van der Waals surface area (Å²) < 4.78 is 5.05. The second-order valence-corrected chi connectivity index (χ2v) is 8.56. The molecule has 0 aromatic heterocycles.